The van der Waals surface area contributed by atoms with Gasteiger partial charge in [-0.25, -0.2) is 9.97 Å². The van der Waals surface area contributed by atoms with E-state index >= 15 is 0 Å². The van der Waals surface area contributed by atoms with E-state index in [2.05, 4.69) is 35.9 Å². The molecule has 0 amide bonds. The number of nitrogens with one attached hydrogen (secondary N) is 2. The predicted octanol–water partition coefficient (Wildman–Crippen LogP) is 2.63. The summed E-state index contributed by atoms with van der Waals surface area (Å²) in [5.74, 6) is 0. The molecule has 1 heterocycles. The van der Waals surface area contributed by atoms with Crippen LogP contribution in [0.4, 0.5) is 0 Å². The Labute approximate surface area is 79.0 Å². The zero-order chi connectivity index (χ0) is 9.84. The highest BCUT2D eigenvalue weighted by Crippen LogP contribution is 2.12. The minimum Gasteiger partial charge on any atom is -0.244 e. The highest BCUT2D eigenvalue weighted by molar-refractivity contribution is 5.72. The zero-order valence-corrected chi connectivity index (χ0v) is 8.73. The lowest BCUT2D eigenvalue weighted by atomic mass is 10.1. The highest BCUT2D eigenvalue weighted by atomic mass is 14.9. The van der Waals surface area contributed by atoms with Gasteiger partial charge in [-0.05, 0) is 37.1 Å². The lowest BCUT2D eigenvalue weighted by Gasteiger charge is -1.94. The molecular weight excluding hydrogens is 160 g/mol. The SMILES string of the molecule is CC.Cc1cc2[nH]c[nH+]c2cc1C. The number of fused-ring (bicyclic) bond motifs is 1. The molecule has 0 fully saturated rings. The van der Waals surface area contributed by atoms with E-state index in [0.29, 0.717) is 0 Å². The topological polar surface area (TPSA) is 29.9 Å². The fourth-order valence-electron chi connectivity index (χ4n) is 1.25. The first-order valence-electron chi connectivity index (χ1n) is 4.73. The summed E-state index contributed by atoms with van der Waals surface area (Å²) in [4.78, 5) is 6.26. The molecule has 0 bridgehead atoms. The van der Waals surface area contributed by atoms with Crippen LogP contribution in [0.25, 0.3) is 11.0 Å². The van der Waals surface area contributed by atoms with Gasteiger partial charge in [-0.3, -0.25) is 0 Å². The molecule has 2 N–H and O–H groups in total. The molecule has 0 spiro atoms. The number of hydrogen-bond donors (Lipinski definition) is 1. The first-order chi connectivity index (χ1) is 6.27. The third kappa shape index (κ3) is 1.89. The Bertz CT molecular complexity index is 352. The molecule has 0 radical (unpaired) electrons. The number of H-pyrrole nitrogens is 2. The van der Waals surface area contributed by atoms with Crippen LogP contribution in [0.1, 0.15) is 25.0 Å². The van der Waals surface area contributed by atoms with Crippen LogP contribution < -0.4 is 4.98 Å². The maximum atomic E-state index is 3.13. The summed E-state index contributed by atoms with van der Waals surface area (Å²) in [7, 11) is 0. The van der Waals surface area contributed by atoms with E-state index in [-0.39, 0.29) is 0 Å². The van der Waals surface area contributed by atoms with Crippen LogP contribution in [0, 0.1) is 13.8 Å². The summed E-state index contributed by atoms with van der Waals surface area (Å²) in [6.07, 6.45) is 1.85. The Balaban J connectivity index is 0.000000396. The van der Waals surface area contributed by atoms with Crippen molar-refractivity contribution in [3.8, 4) is 0 Å². The number of hydrogen-bond acceptors (Lipinski definition) is 0. The molecule has 0 unspecified atom stereocenters. The van der Waals surface area contributed by atoms with Crippen molar-refractivity contribution in [3.63, 3.8) is 0 Å². The van der Waals surface area contributed by atoms with Crippen molar-refractivity contribution in [1.29, 1.82) is 0 Å². The third-order valence-corrected chi connectivity index (χ3v) is 2.09. The summed E-state index contributed by atoms with van der Waals surface area (Å²) in [5, 5.41) is 0. The summed E-state index contributed by atoms with van der Waals surface area (Å²) in [5.41, 5.74) is 5.00. The van der Waals surface area contributed by atoms with E-state index in [1.807, 2.05) is 20.2 Å². The zero-order valence-electron chi connectivity index (χ0n) is 8.73. The number of benzene rings is 1. The van der Waals surface area contributed by atoms with E-state index in [0.717, 1.165) is 0 Å². The lowest BCUT2D eigenvalue weighted by molar-refractivity contribution is -0.344. The van der Waals surface area contributed by atoms with Crippen LogP contribution in [0.2, 0.25) is 0 Å². The molecule has 2 nitrogen and oxygen atoms in total. The average molecular weight is 177 g/mol. The fraction of sp³-hybridized carbons (Fsp3) is 0.364. The van der Waals surface area contributed by atoms with Gasteiger partial charge in [0, 0.05) is 0 Å². The third-order valence-electron chi connectivity index (χ3n) is 2.09. The van der Waals surface area contributed by atoms with E-state index in [1.165, 1.54) is 22.2 Å². The summed E-state index contributed by atoms with van der Waals surface area (Å²) in [6.45, 7) is 8.24. The van der Waals surface area contributed by atoms with E-state index < -0.39 is 0 Å². The van der Waals surface area contributed by atoms with Gasteiger partial charge in [0.1, 0.15) is 0 Å². The molecule has 1 aromatic heterocycles. The molecule has 2 rings (SSSR count). The Morgan fingerprint density at radius 2 is 1.69 bits per heavy atom. The first-order valence-corrected chi connectivity index (χ1v) is 4.73. The van der Waals surface area contributed by atoms with Crippen molar-refractivity contribution in [2.24, 2.45) is 0 Å². The van der Waals surface area contributed by atoms with Gasteiger partial charge >= 0.3 is 0 Å². The Kier molecular flexibility index (Phi) is 3.07. The normalized spacial score (nSPS) is 9.54. The van der Waals surface area contributed by atoms with Crippen molar-refractivity contribution in [3.05, 3.63) is 29.6 Å². The number of aromatic amines is 2. The maximum absolute atomic E-state index is 3.13. The van der Waals surface area contributed by atoms with Crippen molar-refractivity contribution in [2.75, 3.05) is 0 Å². The fourth-order valence-corrected chi connectivity index (χ4v) is 1.25. The van der Waals surface area contributed by atoms with Crippen molar-refractivity contribution in [2.45, 2.75) is 27.7 Å². The second-order valence-electron chi connectivity index (χ2n) is 2.92. The van der Waals surface area contributed by atoms with Crippen LogP contribution in [0.15, 0.2) is 18.5 Å². The molecule has 0 saturated heterocycles. The number of imidazole rings is 1. The smallest absolute Gasteiger partial charge is 0.240 e. The minimum atomic E-state index is 1.17. The van der Waals surface area contributed by atoms with Crippen LogP contribution in [0.3, 0.4) is 0 Å². The van der Waals surface area contributed by atoms with E-state index in [1.54, 1.807) is 0 Å². The lowest BCUT2D eigenvalue weighted by Crippen LogP contribution is -1.94. The Morgan fingerprint density at radius 3 is 2.38 bits per heavy atom. The van der Waals surface area contributed by atoms with Gasteiger partial charge in [0.15, 0.2) is 11.0 Å². The molecule has 0 atom stereocenters. The van der Waals surface area contributed by atoms with E-state index in [4.69, 9.17) is 0 Å². The average Bonchev–Trinajstić information content (AvgIpc) is 2.56. The van der Waals surface area contributed by atoms with E-state index in [9.17, 15) is 0 Å². The van der Waals surface area contributed by atoms with Gasteiger partial charge < -0.3 is 0 Å². The molecule has 0 aliphatic rings. The molecule has 2 aromatic rings. The Hall–Kier alpha value is -1.31. The molecule has 13 heavy (non-hydrogen) atoms. The summed E-state index contributed by atoms with van der Waals surface area (Å²) in [6, 6.07) is 4.31. The van der Waals surface area contributed by atoms with Crippen LogP contribution >= 0.6 is 0 Å². The molecule has 2 heteroatoms. The molecule has 70 valence electrons. The van der Waals surface area contributed by atoms with Crippen LogP contribution in [0.5, 0.6) is 0 Å². The largest absolute Gasteiger partial charge is 0.244 e. The quantitative estimate of drug-likeness (QED) is 0.641. The second kappa shape index (κ2) is 4.08. The van der Waals surface area contributed by atoms with Gasteiger partial charge in [0.25, 0.3) is 0 Å². The molecule has 0 saturated carbocycles. The highest BCUT2D eigenvalue weighted by Gasteiger charge is 2.02. The standard InChI is InChI=1S/C9H10N2.C2H6/c1-6-3-8-9(4-7(6)2)11-5-10-8;1-2/h3-5H,1-2H3,(H,10,11);1-2H3/p+1. The monoisotopic (exact) mass is 177 g/mol. The molecule has 0 aliphatic heterocycles. The van der Waals surface area contributed by atoms with Gasteiger partial charge in [0.05, 0.1) is 0 Å². The first kappa shape index (κ1) is 9.78. The van der Waals surface area contributed by atoms with Crippen LogP contribution in [-0.2, 0) is 0 Å². The number of aryl methyl sites for hydroxylation is 2. The predicted molar refractivity (Wildman–Crippen MR) is 55.7 cm³/mol. The summed E-state index contributed by atoms with van der Waals surface area (Å²) < 4.78 is 0. The molecule has 0 aliphatic carbocycles. The van der Waals surface area contributed by atoms with Gasteiger partial charge in [-0.15, -0.1) is 0 Å². The van der Waals surface area contributed by atoms with Crippen molar-refractivity contribution >= 4 is 11.0 Å². The summed E-state index contributed by atoms with van der Waals surface area (Å²) >= 11 is 0. The Morgan fingerprint density at radius 1 is 1.08 bits per heavy atom. The van der Waals surface area contributed by atoms with Crippen molar-refractivity contribution < 1.29 is 4.98 Å². The molecular formula is C11H17N2+. The minimum absolute atomic E-state index is 1.17. The molecule has 1 aromatic carbocycles. The van der Waals surface area contributed by atoms with Gasteiger partial charge in [-0.1, -0.05) is 13.8 Å². The van der Waals surface area contributed by atoms with Gasteiger partial charge in [0.2, 0.25) is 6.33 Å². The van der Waals surface area contributed by atoms with Crippen molar-refractivity contribution in [1.82, 2.24) is 4.98 Å². The van der Waals surface area contributed by atoms with Crippen LogP contribution in [-0.4, -0.2) is 4.98 Å². The maximum Gasteiger partial charge on any atom is 0.240 e. The number of aromatic nitrogens is 2. The van der Waals surface area contributed by atoms with Gasteiger partial charge in [-0.2, -0.15) is 0 Å². The number of rotatable bonds is 0. The second-order valence-corrected chi connectivity index (χ2v) is 2.92.